The van der Waals surface area contributed by atoms with Gasteiger partial charge >= 0.3 is 13.1 Å². The lowest BCUT2D eigenvalue weighted by molar-refractivity contribution is 0.0694. The standard InChI is InChI=1S/C16H15BO4S/c18-16(19)13-8-4-7-12-9-14(17(20)21-15(12)13)22-10-11-5-2-1-3-6-11/h1-8,14,20H,9-10H2,(H,18,19)/t14-/m1/s1. The number of hydrogen-bond acceptors (Lipinski definition) is 4. The topological polar surface area (TPSA) is 66.8 Å². The van der Waals surface area contributed by atoms with Crippen molar-refractivity contribution in [2.24, 2.45) is 0 Å². The van der Waals surface area contributed by atoms with Crippen LogP contribution in [0.1, 0.15) is 21.5 Å². The van der Waals surface area contributed by atoms with Crippen molar-refractivity contribution >= 4 is 24.8 Å². The number of rotatable bonds is 4. The maximum atomic E-state index is 11.2. The lowest BCUT2D eigenvalue weighted by Gasteiger charge is -2.28. The van der Waals surface area contributed by atoms with Crippen LogP contribution in [-0.2, 0) is 12.2 Å². The normalized spacial score (nSPS) is 16.8. The predicted molar refractivity (Wildman–Crippen MR) is 87.2 cm³/mol. The first-order valence-electron chi connectivity index (χ1n) is 7.00. The molecule has 0 aromatic heterocycles. The highest BCUT2D eigenvalue weighted by Gasteiger charge is 2.36. The van der Waals surface area contributed by atoms with Crippen LogP contribution in [0.2, 0.25) is 0 Å². The summed E-state index contributed by atoms with van der Waals surface area (Å²) in [4.78, 5) is 11.2. The van der Waals surface area contributed by atoms with Crippen LogP contribution >= 0.6 is 11.8 Å². The minimum Gasteiger partial charge on any atom is -0.535 e. The predicted octanol–water partition coefficient (Wildman–Crippen LogP) is 2.64. The smallest absolute Gasteiger partial charge is 0.535 e. The molecule has 0 aliphatic carbocycles. The summed E-state index contributed by atoms with van der Waals surface area (Å²) in [6, 6.07) is 15.1. The van der Waals surface area contributed by atoms with Crippen LogP contribution in [0.3, 0.4) is 0 Å². The first kappa shape index (κ1) is 15.0. The molecule has 1 atom stereocenters. The summed E-state index contributed by atoms with van der Waals surface area (Å²) in [6.45, 7) is 0. The van der Waals surface area contributed by atoms with E-state index in [4.69, 9.17) is 4.65 Å². The average molecular weight is 314 g/mol. The van der Waals surface area contributed by atoms with Gasteiger partial charge in [0.15, 0.2) is 0 Å². The van der Waals surface area contributed by atoms with Crippen LogP contribution in [0.5, 0.6) is 5.75 Å². The number of aromatic carboxylic acids is 1. The number of hydrogen-bond donors (Lipinski definition) is 2. The second kappa shape index (κ2) is 6.46. The number of fused-ring (bicyclic) bond motifs is 1. The summed E-state index contributed by atoms with van der Waals surface area (Å²) < 4.78 is 5.48. The molecule has 0 radical (unpaired) electrons. The molecule has 112 valence electrons. The number of benzene rings is 2. The molecule has 0 saturated heterocycles. The van der Waals surface area contributed by atoms with E-state index in [-0.39, 0.29) is 10.7 Å². The number of carbonyl (C=O) groups is 1. The summed E-state index contributed by atoms with van der Waals surface area (Å²) >= 11 is 1.61. The van der Waals surface area contributed by atoms with Crippen molar-refractivity contribution < 1.29 is 19.6 Å². The van der Waals surface area contributed by atoms with Gasteiger partial charge in [-0.3, -0.25) is 0 Å². The van der Waals surface area contributed by atoms with E-state index in [2.05, 4.69) is 0 Å². The zero-order chi connectivity index (χ0) is 15.5. The molecule has 0 amide bonds. The van der Waals surface area contributed by atoms with Crippen molar-refractivity contribution in [1.29, 1.82) is 0 Å². The average Bonchev–Trinajstić information content (AvgIpc) is 2.53. The van der Waals surface area contributed by atoms with Crippen LogP contribution < -0.4 is 4.65 Å². The molecular weight excluding hydrogens is 299 g/mol. The Hall–Kier alpha value is -1.92. The van der Waals surface area contributed by atoms with Crippen LogP contribution in [-0.4, -0.2) is 28.4 Å². The molecule has 0 bridgehead atoms. The van der Waals surface area contributed by atoms with Gasteiger partial charge in [-0.15, -0.1) is 0 Å². The molecule has 1 heterocycles. The van der Waals surface area contributed by atoms with Gasteiger partial charge in [-0.05, 0) is 23.6 Å². The van der Waals surface area contributed by atoms with E-state index in [0.717, 1.165) is 11.3 Å². The molecule has 0 spiro atoms. The Bertz CT molecular complexity index is 677. The van der Waals surface area contributed by atoms with Crippen LogP contribution in [0, 0.1) is 0 Å². The van der Waals surface area contributed by atoms with Gasteiger partial charge in [-0.2, -0.15) is 11.8 Å². The maximum Gasteiger partial charge on any atom is 0.536 e. The van der Waals surface area contributed by atoms with Crippen molar-refractivity contribution in [2.45, 2.75) is 17.3 Å². The fraction of sp³-hybridized carbons (Fsp3) is 0.188. The van der Waals surface area contributed by atoms with Gasteiger partial charge in [0.25, 0.3) is 0 Å². The molecule has 0 saturated carbocycles. The lowest BCUT2D eigenvalue weighted by Crippen LogP contribution is -2.40. The monoisotopic (exact) mass is 314 g/mol. The number of thioether (sulfide) groups is 1. The van der Waals surface area contributed by atoms with E-state index >= 15 is 0 Å². The second-order valence-corrected chi connectivity index (χ2v) is 6.37. The Kier molecular flexibility index (Phi) is 4.40. The van der Waals surface area contributed by atoms with Gasteiger partial charge in [-0.25, -0.2) is 4.79 Å². The van der Waals surface area contributed by atoms with Crippen molar-refractivity contribution in [2.75, 3.05) is 0 Å². The van der Waals surface area contributed by atoms with E-state index in [1.807, 2.05) is 36.4 Å². The van der Waals surface area contributed by atoms with Crippen LogP contribution in [0.15, 0.2) is 48.5 Å². The Morgan fingerprint density at radius 1 is 1.23 bits per heavy atom. The Morgan fingerprint density at radius 3 is 2.73 bits per heavy atom. The Balaban J connectivity index is 1.74. The molecule has 1 aliphatic rings. The van der Waals surface area contributed by atoms with Crippen LogP contribution in [0.4, 0.5) is 0 Å². The maximum absolute atomic E-state index is 11.2. The first-order valence-corrected chi connectivity index (χ1v) is 8.05. The minimum absolute atomic E-state index is 0.100. The third-order valence-corrected chi connectivity index (χ3v) is 4.94. The quantitative estimate of drug-likeness (QED) is 0.849. The van der Waals surface area contributed by atoms with Crippen molar-refractivity contribution in [3.05, 3.63) is 65.2 Å². The molecule has 1 aliphatic heterocycles. The van der Waals surface area contributed by atoms with Crippen LogP contribution in [0.25, 0.3) is 0 Å². The number of carboxylic acid groups (broad SMARTS) is 1. The third kappa shape index (κ3) is 3.13. The summed E-state index contributed by atoms with van der Waals surface area (Å²) in [7, 11) is -0.998. The molecule has 2 N–H and O–H groups in total. The molecule has 22 heavy (non-hydrogen) atoms. The highest BCUT2D eigenvalue weighted by atomic mass is 32.2. The van der Waals surface area contributed by atoms with Gasteiger partial charge in [0, 0.05) is 5.75 Å². The second-order valence-electron chi connectivity index (χ2n) is 5.15. The molecule has 0 unspecified atom stereocenters. The van der Waals surface area contributed by atoms with E-state index < -0.39 is 13.1 Å². The van der Waals surface area contributed by atoms with E-state index in [0.29, 0.717) is 12.2 Å². The molecule has 2 aromatic carbocycles. The molecule has 2 aromatic rings. The summed E-state index contributed by atoms with van der Waals surface area (Å²) in [5.41, 5.74) is 2.11. The zero-order valence-corrected chi connectivity index (χ0v) is 12.6. The van der Waals surface area contributed by atoms with Crippen molar-refractivity contribution in [3.63, 3.8) is 0 Å². The van der Waals surface area contributed by atoms with Gasteiger partial charge in [0.1, 0.15) is 5.75 Å². The molecule has 3 rings (SSSR count). The van der Waals surface area contributed by atoms with Gasteiger partial charge in [0.05, 0.1) is 10.7 Å². The molecule has 6 heteroatoms. The van der Waals surface area contributed by atoms with Gasteiger partial charge in [-0.1, -0.05) is 42.5 Å². The number of carboxylic acids is 1. The van der Waals surface area contributed by atoms with Crippen molar-refractivity contribution in [1.82, 2.24) is 0 Å². The van der Waals surface area contributed by atoms with Gasteiger partial charge < -0.3 is 14.8 Å². The highest BCUT2D eigenvalue weighted by molar-refractivity contribution is 8.00. The first-order chi connectivity index (χ1) is 10.6. The van der Waals surface area contributed by atoms with Crippen molar-refractivity contribution in [3.8, 4) is 5.75 Å². The highest BCUT2D eigenvalue weighted by Crippen LogP contribution is 2.34. The summed E-state index contributed by atoms with van der Waals surface area (Å²) in [5.74, 6) is 0.0263. The lowest BCUT2D eigenvalue weighted by atomic mass is 9.77. The van der Waals surface area contributed by atoms with E-state index in [1.165, 1.54) is 11.6 Å². The molecular formula is C16H15BO4S. The fourth-order valence-corrected chi connectivity index (χ4v) is 3.60. The zero-order valence-electron chi connectivity index (χ0n) is 11.8. The van der Waals surface area contributed by atoms with E-state index in [9.17, 15) is 14.9 Å². The summed E-state index contributed by atoms with van der Waals surface area (Å²) in [5, 5.41) is 19.2. The Labute approximate surface area is 133 Å². The third-order valence-electron chi connectivity index (χ3n) is 3.61. The Morgan fingerprint density at radius 2 is 2.00 bits per heavy atom. The number of para-hydroxylation sites is 1. The van der Waals surface area contributed by atoms with Gasteiger partial charge in [0.2, 0.25) is 0 Å². The SMILES string of the molecule is O=C(O)c1cccc2c1OB(O)[C@H](SCc1ccccc1)C2. The largest absolute Gasteiger partial charge is 0.536 e. The molecule has 0 fully saturated rings. The summed E-state index contributed by atoms with van der Waals surface area (Å²) in [6.07, 6.45) is 0.592. The molecule has 4 nitrogen and oxygen atoms in total. The van der Waals surface area contributed by atoms with E-state index in [1.54, 1.807) is 17.8 Å². The fourth-order valence-electron chi connectivity index (χ4n) is 2.49. The minimum atomic E-state index is -1.04.